The molecule has 0 heterocycles. The number of aryl methyl sites for hydroxylation is 1. The molecular formula is C16H21NO4S. The average Bonchev–Trinajstić information content (AvgIpc) is 2.40. The van der Waals surface area contributed by atoms with Gasteiger partial charge in [0.1, 0.15) is 0 Å². The zero-order valence-electron chi connectivity index (χ0n) is 13.1. The first-order valence-electron chi connectivity index (χ1n) is 6.64. The zero-order valence-corrected chi connectivity index (χ0v) is 13.9. The third-order valence-electron chi connectivity index (χ3n) is 3.73. The summed E-state index contributed by atoms with van der Waals surface area (Å²) < 4.78 is 31.6. The van der Waals surface area contributed by atoms with Crippen LogP contribution in [0, 0.1) is 27.7 Å². The summed E-state index contributed by atoms with van der Waals surface area (Å²) in [6.07, 6.45) is 0. The first-order valence-corrected chi connectivity index (χ1v) is 8.04. The van der Waals surface area contributed by atoms with E-state index in [2.05, 4.69) is 39.8 Å². The van der Waals surface area contributed by atoms with Crippen LogP contribution in [0.2, 0.25) is 0 Å². The minimum atomic E-state index is -4.67. The van der Waals surface area contributed by atoms with E-state index >= 15 is 0 Å². The highest BCUT2D eigenvalue weighted by atomic mass is 32.3. The molecule has 0 fully saturated rings. The summed E-state index contributed by atoms with van der Waals surface area (Å²) in [6, 6.07) is 10.3. The van der Waals surface area contributed by atoms with E-state index in [1.54, 1.807) is 0 Å². The molecule has 0 unspecified atom stereocenters. The van der Waals surface area contributed by atoms with Gasteiger partial charge in [-0.05, 0) is 61.6 Å². The Bertz CT molecular complexity index is 775. The molecule has 0 radical (unpaired) electrons. The highest BCUT2D eigenvalue weighted by Gasteiger charge is 2.10. The Kier molecular flexibility index (Phi) is 5.71. The molecule has 2 aromatic carbocycles. The van der Waals surface area contributed by atoms with Gasteiger partial charge in [0.15, 0.2) is 0 Å². The molecule has 4 N–H and O–H groups in total. The van der Waals surface area contributed by atoms with E-state index in [9.17, 15) is 0 Å². The van der Waals surface area contributed by atoms with E-state index in [1.807, 2.05) is 18.2 Å². The summed E-state index contributed by atoms with van der Waals surface area (Å²) in [5, 5.41) is 0. The van der Waals surface area contributed by atoms with Crippen LogP contribution < -0.4 is 5.73 Å². The van der Waals surface area contributed by atoms with Crippen molar-refractivity contribution in [3.05, 3.63) is 52.6 Å². The minimum absolute atomic E-state index is 0.846. The molecule has 0 amide bonds. The lowest BCUT2D eigenvalue weighted by molar-refractivity contribution is 0.381. The molecule has 0 aliphatic carbocycles. The summed E-state index contributed by atoms with van der Waals surface area (Å²) >= 11 is 0. The number of rotatable bonds is 1. The van der Waals surface area contributed by atoms with Crippen LogP contribution in [0.1, 0.15) is 22.3 Å². The number of nitrogens with two attached hydrogens (primary N) is 1. The number of nitrogen functional groups attached to an aromatic ring is 1. The molecule has 0 saturated heterocycles. The van der Waals surface area contributed by atoms with Crippen molar-refractivity contribution in [3.63, 3.8) is 0 Å². The topological polar surface area (TPSA) is 101 Å². The molecule has 5 nitrogen and oxygen atoms in total. The Labute approximate surface area is 131 Å². The predicted molar refractivity (Wildman–Crippen MR) is 89.4 cm³/mol. The fourth-order valence-corrected chi connectivity index (χ4v) is 2.23. The van der Waals surface area contributed by atoms with Crippen molar-refractivity contribution in [2.45, 2.75) is 27.7 Å². The van der Waals surface area contributed by atoms with Crippen molar-refractivity contribution < 1.29 is 17.5 Å². The van der Waals surface area contributed by atoms with Crippen LogP contribution in [0.25, 0.3) is 11.1 Å². The maximum atomic E-state index is 8.74. The van der Waals surface area contributed by atoms with Gasteiger partial charge in [0.2, 0.25) is 0 Å². The molecule has 0 atom stereocenters. The molecular weight excluding hydrogens is 302 g/mol. The Morgan fingerprint density at radius 3 is 1.86 bits per heavy atom. The second kappa shape index (κ2) is 6.91. The van der Waals surface area contributed by atoms with Crippen LogP contribution >= 0.6 is 0 Å². The van der Waals surface area contributed by atoms with Crippen LogP contribution in [-0.4, -0.2) is 17.5 Å². The van der Waals surface area contributed by atoms with E-state index < -0.39 is 10.4 Å². The molecule has 0 aliphatic heterocycles. The summed E-state index contributed by atoms with van der Waals surface area (Å²) in [5.41, 5.74) is 14.7. The van der Waals surface area contributed by atoms with Gasteiger partial charge in [0.25, 0.3) is 0 Å². The summed E-state index contributed by atoms with van der Waals surface area (Å²) in [4.78, 5) is 0. The van der Waals surface area contributed by atoms with Gasteiger partial charge in [0, 0.05) is 11.3 Å². The maximum absolute atomic E-state index is 8.74. The molecule has 0 saturated carbocycles. The molecule has 2 rings (SSSR count). The molecule has 2 aromatic rings. The van der Waals surface area contributed by atoms with Gasteiger partial charge >= 0.3 is 10.4 Å². The van der Waals surface area contributed by atoms with Crippen LogP contribution in [0.15, 0.2) is 30.3 Å². The molecule has 0 bridgehead atoms. The van der Waals surface area contributed by atoms with Crippen molar-refractivity contribution >= 4 is 16.1 Å². The Balaban J connectivity index is 0.000000422. The summed E-state index contributed by atoms with van der Waals surface area (Å²) in [5.74, 6) is 0. The molecule has 0 aromatic heterocycles. The first kappa shape index (κ1) is 18.2. The van der Waals surface area contributed by atoms with E-state index in [1.165, 1.54) is 27.8 Å². The molecule has 22 heavy (non-hydrogen) atoms. The fourth-order valence-electron chi connectivity index (χ4n) is 2.23. The van der Waals surface area contributed by atoms with Crippen molar-refractivity contribution in [1.29, 1.82) is 0 Å². The van der Waals surface area contributed by atoms with E-state index in [0.29, 0.717) is 0 Å². The normalized spacial score (nSPS) is 10.8. The largest absolute Gasteiger partial charge is 0.398 e. The third-order valence-corrected chi connectivity index (χ3v) is 3.73. The van der Waals surface area contributed by atoms with Crippen molar-refractivity contribution in [2.75, 3.05) is 5.73 Å². The zero-order chi connectivity index (χ0) is 17.1. The van der Waals surface area contributed by atoms with Crippen molar-refractivity contribution in [1.82, 2.24) is 0 Å². The van der Waals surface area contributed by atoms with Crippen LogP contribution in [0.5, 0.6) is 0 Å². The standard InChI is InChI=1S/C16H19N.H2O4S/c1-10-9-15(13(4)12(3)11(10)2)14-7-5-6-8-16(14)17;1-5(2,3)4/h5-9H,17H2,1-4H3;(H2,1,2,3,4). The van der Waals surface area contributed by atoms with Crippen LogP contribution in [-0.2, 0) is 10.4 Å². The molecule has 120 valence electrons. The second-order valence-corrected chi connectivity index (χ2v) is 6.05. The SMILES string of the molecule is Cc1cc(-c2ccccc2N)c(C)c(C)c1C.O=S(=O)(O)O. The Hall–Kier alpha value is -1.89. The summed E-state index contributed by atoms with van der Waals surface area (Å²) in [7, 11) is -4.67. The van der Waals surface area contributed by atoms with E-state index in [4.69, 9.17) is 23.3 Å². The van der Waals surface area contributed by atoms with Gasteiger partial charge < -0.3 is 5.73 Å². The maximum Gasteiger partial charge on any atom is 0.394 e. The number of hydrogen-bond acceptors (Lipinski definition) is 3. The summed E-state index contributed by atoms with van der Waals surface area (Å²) in [6.45, 7) is 8.68. The smallest absolute Gasteiger partial charge is 0.394 e. The second-order valence-electron chi connectivity index (χ2n) is 5.15. The fraction of sp³-hybridized carbons (Fsp3) is 0.250. The van der Waals surface area contributed by atoms with Gasteiger partial charge in [-0.3, -0.25) is 9.11 Å². The number of para-hydroxylation sites is 1. The van der Waals surface area contributed by atoms with E-state index in [-0.39, 0.29) is 0 Å². The lowest BCUT2D eigenvalue weighted by Crippen LogP contribution is -1.97. The number of anilines is 1. The Morgan fingerprint density at radius 1 is 0.864 bits per heavy atom. The molecule has 0 spiro atoms. The molecule has 6 heteroatoms. The number of benzene rings is 2. The number of hydrogen-bond donors (Lipinski definition) is 3. The lowest BCUT2D eigenvalue weighted by atomic mass is 9.90. The molecule has 0 aliphatic rings. The van der Waals surface area contributed by atoms with Crippen molar-refractivity contribution in [3.8, 4) is 11.1 Å². The quantitative estimate of drug-likeness (QED) is 0.550. The highest BCUT2D eigenvalue weighted by Crippen LogP contribution is 2.32. The third kappa shape index (κ3) is 4.84. The van der Waals surface area contributed by atoms with Crippen LogP contribution in [0.4, 0.5) is 5.69 Å². The minimum Gasteiger partial charge on any atom is -0.398 e. The van der Waals surface area contributed by atoms with Gasteiger partial charge in [-0.25, -0.2) is 0 Å². The van der Waals surface area contributed by atoms with Gasteiger partial charge in [0.05, 0.1) is 0 Å². The monoisotopic (exact) mass is 323 g/mol. The van der Waals surface area contributed by atoms with Crippen molar-refractivity contribution in [2.24, 2.45) is 0 Å². The van der Waals surface area contributed by atoms with Crippen LogP contribution in [0.3, 0.4) is 0 Å². The lowest BCUT2D eigenvalue weighted by Gasteiger charge is -2.15. The van der Waals surface area contributed by atoms with Gasteiger partial charge in [-0.2, -0.15) is 8.42 Å². The Morgan fingerprint density at radius 2 is 1.36 bits per heavy atom. The van der Waals surface area contributed by atoms with Gasteiger partial charge in [-0.15, -0.1) is 0 Å². The predicted octanol–water partition coefficient (Wildman–Crippen LogP) is 3.52. The highest BCUT2D eigenvalue weighted by molar-refractivity contribution is 7.79. The average molecular weight is 323 g/mol. The van der Waals surface area contributed by atoms with Gasteiger partial charge in [-0.1, -0.05) is 24.3 Å². The van der Waals surface area contributed by atoms with E-state index in [0.717, 1.165) is 11.3 Å². The first-order chi connectivity index (χ1) is 10.0.